The molecule has 1 aromatic carbocycles. The third kappa shape index (κ3) is 1.95. The average Bonchev–Trinajstić information content (AvgIpc) is 2.19. The van der Waals surface area contributed by atoms with Crippen LogP contribution in [0.5, 0.6) is 0 Å². The van der Waals surface area contributed by atoms with E-state index in [4.69, 9.17) is 5.73 Å². The number of para-hydroxylation sites is 1. The van der Waals surface area contributed by atoms with Crippen molar-refractivity contribution in [2.75, 3.05) is 11.1 Å². The highest BCUT2D eigenvalue weighted by Crippen LogP contribution is 2.09. The van der Waals surface area contributed by atoms with Crippen molar-refractivity contribution in [1.82, 2.24) is 9.97 Å². The maximum absolute atomic E-state index is 5.43. The van der Waals surface area contributed by atoms with Crippen molar-refractivity contribution in [2.24, 2.45) is 0 Å². The highest BCUT2D eigenvalue weighted by Gasteiger charge is 2.04. The maximum atomic E-state index is 5.43. The van der Waals surface area contributed by atoms with Crippen LogP contribution in [0.2, 0.25) is 0 Å². The van der Waals surface area contributed by atoms with Crippen molar-refractivity contribution in [3.05, 3.63) is 36.7 Å². The number of benzene rings is 1. The van der Waals surface area contributed by atoms with E-state index in [-0.39, 0.29) is 5.95 Å². The van der Waals surface area contributed by atoms with Gasteiger partial charge in [0, 0.05) is 0 Å². The van der Waals surface area contributed by atoms with Gasteiger partial charge >= 0.3 is 11.9 Å². The topological polar surface area (TPSA) is 78.0 Å². The molecule has 5 heteroatoms. The third-order valence-electron chi connectivity index (χ3n) is 1.66. The van der Waals surface area contributed by atoms with Gasteiger partial charge in [0.1, 0.15) is 0 Å². The Hall–Kier alpha value is -2.17. The molecule has 0 saturated carbocycles. The highest BCUT2D eigenvalue weighted by atomic mass is 15.2. The molecule has 0 spiro atoms. The van der Waals surface area contributed by atoms with Gasteiger partial charge in [-0.1, -0.05) is 28.2 Å². The lowest BCUT2D eigenvalue weighted by atomic mass is 10.3. The van der Waals surface area contributed by atoms with Crippen LogP contribution in [0.25, 0.3) is 0 Å². The molecule has 14 heavy (non-hydrogen) atoms. The third-order valence-corrected chi connectivity index (χ3v) is 1.66. The van der Waals surface area contributed by atoms with Crippen LogP contribution in [0.15, 0.2) is 36.7 Å². The number of nitrogens with zero attached hydrogens (tertiary/aromatic N) is 2. The Bertz CT molecular complexity index is 415. The summed E-state index contributed by atoms with van der Waals surface area (Å²) in [6.45, 7) is 0. The van der Waals surface area contributed by atoms with Gasteiger partial charge in [0.2, 0.25) is 0 Å². The molecule has 0 saturated heterocycles. The SMILES string of the molecule is Nc1nc[nH+]c(Nc2ccccc2)n1. The molecule has 0 aliphatic heterocycles. The Labute approximate surface area is 81.0 Å². The molecule has 0 aliphatic rings. The van der Waals surface area contributed by atoms with Gasteiger partial charge in [0.05, 0.1) is 5.69 Å². The first kappa shape index (κ1) is 8.43. The van der Waals surface area contributed by atoms with Crippen LogP contribution < -0.4 is 16.0 Å². The number of nitrogen functional groups attached to an aromatic ring is 1. The summed E-state index contributed by atoms with van der Waals surface area (Å²) < 4.78 is 0. The van der Waals surface area contributed by atoms with E-state index in [1.165, 1.54) is 6.33 Å². The van der Waals surface area contributed by atoms with Crippen LogP contribution >= 0.6 is 0 Å². The molecule has 5 nitrogen and oxygen atoms in total. The summed E-state index contributed by atoms with van der Waals surface area (Å²) in [5.41, 5.74) is 6.38. The first-order valence-corrected chi connectivity index (χ1v) is 4.17. The molecule has 0 radical (unpaired) electrons. The second-order valence-corrected chi connectivity index (χ2v) is 2.71. The molecule has 2 aromatic rings. The average molecular weight is 188 g/mol. The minimum atomic E-state index is 0.238. The molecule has 0 unspecified atom stereocenters. The molecule has 0 aliphatic carbocycles. The smallest absolute Gasteiger partial charge is 0.347 e. The van der Waals surface area contributed by atoms with Crippen LogP contribution in [0.3, 0.4) is 0 Å². The van der Waals surface area contributed by atoms with Crippen LogP contribution in [-0.4, -0.2) is 9.97 Å². The Morgan fingerprint density at radius 1 is 1.21 bits per heavy atom. The van der Waals surface area contributed by atoms with E-state index < -0.39 is 0 Å². The van der Waals surface area contributed by atoms with Crippen molar-refractivity contribution in [2.45, 2.75) is 0 Å². The molecule has 0 atom stereocenters. The van der Waals surface area contributed by atoms with Crippen LogP contribution in [-0.2, 0) is 0 Å². The normalized spacial score (nSPS) is 9.71. The zero-order chi connectivity index (χ0) is 9.80. The first-order chi connectivity index (χ1) is 6.84. The summed E-state index contributed by atoms with van der Waals surface area (Å²) in [5.74, 6) is 0.811. The Balaban J connectivity index is 2.19. The Kier molecular flexibility index (Phi) is 2.22. The summed E-state index contributed by atoms with van der Waals surface area (Å²) in [6, 6.07) is 9.70. The fraction of sp³-hybridized carbons (Fsp3) is 0. The molecule has 0 amide bonds. The first-order valence-electron chi connectivity index (χ1n) is 4.17. The summed E-state index contributed by atoms with van der Waals surface area (Å²) in [7, 11) is 0. The van der Waals surface area contributed by atoms with Crippen molar-refractivity contribution in [1.29, 1.82) is 0 Å². The second-order valence-electron chi connectivity index (χ2n) is 2.71. The van der Waals surface area contributed by atoms with E-state index in [2.05, 4.69) is 20.3 Å². The maximum Gasteiger partial charge on any atom is 0.353 e. The second kappa shape index (κ2) is 3.69. The van der Waals surface area contributed by atoms with Gasteiger partial charge < -0.3 is 5.73 Å². The summed E-state index contributed by atoms with van der Waals surface area (Å²) in [5, 5.41) is 3.06. The van der Waals surface area contributed by atoms with Gasteiger partial charge in [0.15, 0.2) is 6.33 Å². The number of aromatic nitrogens is 3. The molecule has 4 N–H and O–H groups in total. The molecule has 1 aromatic heterocycles. The number of H-pyrrole nitrogens is 1. The number of hydrogen-bond acceptors (Lipinski definition) is 4. The van der Waals surface area contributed by atoms with Crippen molar-refractivity contribution in [3.8, 4) is 0 Å². The van der Waals surface area contributed by atoms with Crippen LogP contribution in [0.4, 0.5) is 17.6 Å². The predicted octanol–water partition coefficient (Wildman–Crippen LogP) is 0.616. The molecule has 70 valence electrons. The van der Waals surface area contributed by atoms with Gasteiger partial charge in [-0.05, 0) is 12.1 Å². The van der Waals surface area contributed by atoms with E-state index in [1.54, 1.807) is 0 Å². The van der Waals surface area contributed by atoms with Crippen LogP contribution in [0, 0.1) is 0 Å². The lowest BCUT2D eigenvalue weighted by Crippen LogP contribution is -2.14. The van der Waals surface area contributed by atoms with Crippen molar-refractivity contribution >= 4 is 17.6 Å². The number of nitrogens with two attached hydrogens (primary N) is 1. The molecule has 0 bridgehead atoms. The number of nitrogens with one attached hydrogen (secondary N) is 2. The van der Waals surface area contributed by atoms with Gasteiger partial charge in [-0.15, -0.1) is 0 Å². The molecule has 0 fully saturated rings. The highest BCUT2D eigenvalue weighted by molar-refractivity contribution is 5.51. The monoisotopic (exact) mass is 188 g/mol. The number of rotatable bonds is 2. The zero-order valence-electron chi connectivity index (χ0n) is 7.44. The number of hydrogen-bond donors (Lipinski definition) is 2. The summed E-state index contributed by atoms with van der Waals surface area (Å²) >= 11 is 0. The van der Waals surface area contributed by atoms with E-state index >= 15 is 0 Å². The van der Waals surface area contributed by atoms with Gasteiger partial charge in [-0.25, -0.2) is 4.98 Å². The van der Waals surface area contributed by atoms with Crippen molar-refractivity contribution in [3.63, 3.8) is 0 Å². The van der Waals surface area contributed by atoms with Crippen molar-refractivity contribution < 1.29 is 4.98 Å². The van der Waals surface area contributed by atoms with E-state index in [0.717, 1.165) is 5.69 Å². The van der Waals surface area contributed by atoms with Gasteiger partial charge in [0.25, 0.3) is 0 Å². The van der Waals surface area contributed by atoms with Gasteiger partial charge in [-0.2, -0.15) is 0 Å². The minimum absolute atomic E-state index is 0.238. The molecular formula is C9H10N5+. The lowest BCUT2D eigenvalue weighted by molar-refractivity contribution is -0.369. The van der Waals surface area contributed by atoms with E-state index in [0.29, 0.717) is 5.95 Å². The molecule has 2 rings (SSSR count). The van der Waals surface area contributed by atoms with E-state index in [1.807, 2.05) is 30.3 Å². The Morgan fingerprint density at radius 2 is 2.00 bits per heavy atom. The predicted molar refractivity (Wildman–Crippen MR) is 52.7 cm³/mol. The number of anilines is 3. The molecule has 1 heterocycles. The quantitative estimate of drug-likeness (QED) is 0.724. The van der Waals surface area contributed by atoms with Crippen LogP contribution in [0.1, 0.15) is 0 Å². The lowest BCUT2D eigenvalue weighted by Gasteiger charge is -1.97. The fourth-order valence-corrected chi connectivity index (χ4v) is 1.06. The largest absolute Gasteiger partial charge is 0.353 e. The summed E-state index contributed by atoms with van der Waals surface area (Å²) in [4.78, 5) is 10.6. The fourth-order valence-electron chi connectivity index (χ4n) is 1.06. The molecular weight excluding hydrogens is 178 g/mol. The minimum Gasteiger partial charge on any atom is -0.347 e. The summed E-state index contributed by atoms with van der Waals surface area (Å²) in [6.07, 6.45) is 1.49. The Morgan fingerprint density at radius 3 is 2.71 bits per heavy atom. The van der Waals surface area contributed by atoms with Gasteiger partial charge in [-0.3, -0.25) is 5.32 Å². The van der Waals surface area contributed by atoms with E-state index in [9.17, 15) is 0 Å². The number of aromatic amines is 1. The zero-order valence-corrected chi connectivity index (χ0v) is 7.44. The standard InChI is InChI=1S/C9H9N5/c10-8-11-6-12-9(14-8)13-7-4-2-1-3-5-7/h1-6H,(H3,10,11,12,13,14)/p+1.